The topological polar surface area (TPSA) is 59.9 Å². The van der Waals surface area contributed by atoms with Gasteiger partial charge in [0.15, 0.2) is 6.61 Å². The molecule has 0 atom stereocenters. The number of carbonyl (C=O) groups excluding carboxylic acids is 1. The number of nitrogens with one attached hydrogen (secondary N) is 1. The van der Waals surface area contributed by atoms with Crippen molar-refractivity contribution in [2.45, 2.75) is 0 Å². The number of hydrazone groups is 1. The van der Waals surface area contributed by atoms with Crippen LogP contribution in [0.2, 0.25) is 5.02 Å². The predicted molar refractivity (Wildman–Crippen MR) is 93.4 cm³/mol. The highest BCUT2D eigenvalue weighted by atomic mass is 79.9. The third-order valence-corrected chi connectivity index (χ3v) is 3.63. The van der Waals surface area contributed by atoms with E-state index in [2.05, 4.69) is 26.5 Å². The number of nitrogens with zero attached hydrogens (tertiary/aromatic N) is 1. The molecule has 0 aliphatic heterocycles. The molecular formula is C16H14BrClN2O3. The Hall–Kier alpha value is -2.05. The summed E-state index contributed by atoms with van der Waals surface area (Å²) < 4.78 is 11.3. The SMILES string of the molecule is COc1ccc(C=NNC(=O)COc2ccc(Cl)cc2)cc1Br. The maximum absolute atomic E-state index is 11.6. The average molecular weight is 398 g/mol. The van der Waals surface area contributed by atoms with Crippen LogP contribution in [0.15, 0.2) is 52.0 Å². The lowest BCUT2D eigenvalue weighted by atomic mass is 10.2. The Balaban J connectivity index is 1.81. The van der Waals surface area contributed by atoms with Crippen LogP contribution >= 0.6 is 27.5 Å². The first-order chi connectivity index (χ1) is 11.1. The van der Waals surface area contributed by atoms with E-state index in [-0.39, 0.29) is 12.5 Å². The zero-order valence-corrected chi connectivity index (χ0v) is 14.6. The van der Waals surface area contributed by atoms with Crippen LogP contribution in [0.25, 0.3) is 0 Å². The molecule has 0 aromatic heterocycles. The first kappa shape index (κ1) is 17.3. The quantitative estimate of drug-likeness (QED) is 0.598. The summed E-state index contributed by atoms with van der Waals surface area (Å²) in [5, 5.41) is 4.49. The van der Waals surface area contributed by atoms with Crippen molar-refractivity contribution in [2.75, 3.05) is 13.7 Å². The Morgan fingerprint density at radius 3 is 2.70 bits per heavy atom. The molecule has 2 aromatic rings. The van der Waals surface area contributed by atoms with Crippen molar-refractivity contribution < 1.29 is 14.3 Å². The molecule has 0 spiro atoms. The summed E-state index contributed by atoms with van der Waals surface area (Å²) in [6.07, 6.45) is 1.53. The molecule has 2 aromatic carbocycles. The van der Waals surface area contributed by atoms with Crippen LogP contribution in [-0.2, 0) is 4.79 Å². The highest BCUT2D eigenvalue weighted by molar-refractivity contribution is 9.10. The Kier molecular flexibility index (Phi) is 6.43. The summed E-state index contributed by atoms with van der Waals surface area (Å²) >= 11 is 9.15. The van der Waals surface area contributed by atoms with Gasteiger partial charge in [0.25, 0.3) is 5.91 Å². The number of hydrogen-bond acceptors (Lipinski definition) is 4. The van der Waals surface area contributed by atoms with Crippen LogP contribution in [0, 0.1) is 0 Å². The molecular weight excluding hydrogens is 384 g/mol. The van der Waals surface area contributed by atoms with Gasteiger partial charge in [-0.15, -0.1) is 0 Å². The Labute approximate surface area is 147 Å². The molecule has 5 nitrogen and oxygen atoms in total. The third kappa shape index (κ3) is 5.58. The van der Waals surface area contributed by atoms with Gasteiger partial charge in [0.1, 0.15) is 11.5 Å². The fourth-order valence-electron chi connectivity index (χ4n) is 1.65. The average Bonchev–Trinajstić information content (AvgIpc) is 2.54. The summed E-state index contributed by atoms with van der Waals surface area (Å²) in [6, 6.07) is 12.2. The maximum Gasteiger partial charge on any atom is 0.277 e. The fourth-order valence-corrected chi connectivity index (χ4v) is 2.34. The zero-order valence-electron chi connectivity index (χ0n) is 12.3. The molecule has 0 saturated heterocycles. The van der Waals surface area contributed by atoms with Gasteiger partial charge in [-0.2, -0.15) is 5.10 Å². The van der Waals surface area contributed by atoms with E-state index in [1.54, 1.807) is 37.4 Å². The van der Waals surface area contributed by atoms with E-state index in [1.165, 1.54) is 6.21 Å². The number of rotatable bonds is 6. The third-order valence-electron chi connectivity index (χ3n) is 2.76. The molecule has 23 heavy (non-hydrogen) atoms. The van der Waals surface area contributed by atoms with Crippen molar-refractivity contribution in [1.29, 1.82) is 0 Å². The van der Waals surface area contributed by atoms with Crippen molar-refractivity contribution in [3.8, 4) is 11.5 Å². The number of benzene rings is 2. The minimum atomic E-state index is -0.358. The van der Waals surface area contributed by atoms with Crippen molar-refractivity contribution in [1.82, 2.24) is 5.43 Å². The standard InChI is InChI=1S/C16H14BrClN2O3/c1-22-15-7-2-11(8-14(15)17)9-19-20-16(21)10-23-13-5-3-12(18)4-6-13/h2-9H,10H2,1H3,(H,20,21). The Morgan fingerprint density at radius 1 is 1.30 bits per heavy atom. The van der Waals surface area contributed by atoms with Gasteiger partial charge < -0.3 is 9.47 Å². The molecule has 0 heterocycles. The van der Waals surface area contributed by atoms with E-state index >= 15 is 0 Å². The van der Waals surface area contributed by atoms with Crippen molar-refractivity contribution in [3.63, 3.8) is 0 Å². The highest BCUT2D eigenvalue weighted by Crippen LogP contribution is 2.24. The molecule has 120 valence electrons. The summed E-state index contributed by atoms with van der Waals surface area (Å²) in [7, 11) is 1.59. The van der Waals surface area contributed by atoms with Crippen LogP contribution < -0.4 is 14.9 Å². The molecule has 1 N–H and O–H groups in total. The summed E-state index contributed by atoms with van der Waals surface area (Å²) in [5.74, 6) is 0.930. The molecule has 0 unspecified atom stereocenters. The Morgan fingerprint density at radius 2 is 2.04 bits per heavy atom. The van der Waals surface area contributed by atoms with Crippen LogP contribution in [0.1, 0.15) is 5.56 Å². The fraction of sp³-hybridized carbons (Fsp3) is 0.125. The molecule has 0 bridgehead atoms. The van der Waals surface area contributed by atoms with Crippen molar-refractivity contribution >= 4 is 39.7 Å². The van der Waals surface area contributed by atoms with Gasteiger partial charge in [0.2, 0.25) is 0 Å². The summed E-state index contributed by atoms with van der Waals surface area (Å²) in [4.78, 5) is 11.6. The Bertz CT molecular complexity index is 705. The maximum atomic E-state index is 11.6. The number of hydrogen-bond donors (Lipinski definition) is 1. The van der Waals surface area contributed by atoms with E-state index in [4.69, 9.17) is 21.1 Å². The van der Waals surface area contributed by atoms with Crippen molar-refractivity contribution in [2.24, 2.45) is 5.10 Å². The van der Waals surface area contributed by atoms with Gasteiger partial charge in [0.05, 0.1) is 17.8 Å². The first-order valence-corrected chi connectivity index (χ1v) is 7.79. The normalized spacial score (nSPS) is 10.6. The van der Waals surface area contributed by atoms with Gasteiger partial charge in [-0.25, -0.2) is 5.43 Å². The molecule has 2 rings (SSSR count). The molecule has 7 heteroatoms. The van der Waals surface area contributed by atoms with Gasteiger partial charge >= 0.3 is 0 Å². The minimum Gasteiger partial charge on any atom is -0.496 e. The molecule has 0 radical (unpaired) electrons. The van der Waals surface area contributed by atoms with E-state index in [0.29, 0.717) is 10.8 Å². The largest absolute Gasteiger partial charge is 0.496 e. The van der Waals surface area contributed by atoms with Gasteiger partial charge in [-0.3, -0.25) is 4.79 Å². The van der Waals surface area contributed by atoms with Gasteiger partial charge in [-0.05, 0) is 64.0 Å². The molecule has 0 fully saturated rings. The van der Waals surface area contributed by atoms with Gasteiger partial charge in [0, 0.05) is 5.02 Å². The zero-order chi connectivity index (χ0) is 16.7. The molecule has 0 aliphatic carbocycles. The second kappa shape index (κ2) is 8.55. The predicted octanol–water partition coefficient (Wildman–Crippen LogP) is 3.64. The van der Waals surface area contributed by atoms with Crippen LogP contribution in [0.5, 0.6) is 11.5 Å². The smallest absolute Gasteiger partial charge is 0.277 e. The number of methoxy groups -OCH3 is 1. The lowest BCUT2D eigenvalue weighted by Gasteiger charge is -2.05. The van der Waals surface area contributed by atoms with Crippen LogP contribution in [0.4, 0.5) is 0 Å². The number of carbonyl (C=O) groups is 1. The van der Waals surface area contributed by atoms with E-state index < -0.39 is 0 Å². The second-order valence-corrected chi connectivity index (χ2v) is 5.72. The monoisotopic (exact) mass is 396 g/mol. The lowest BCUT2D eigenvalue weighted by Crippen LogP contribution is -2.24. The molecule has 1 amide bonds. The summed E-state index contributed by atoms with van der Waals surface area (Å²) in [5.41, 5.74) is 3.21. The van der Waals surface area contributed by atoms with Gasteiger partial charge in [-0.1, -0.05) is 11.6 Å². The molecule has 0 aliphatic rings. The number of amides is 1. The number of halogens is 2. The highest BCUT2D eigenvalue weighted by Gasteiger charge is 2.02. The lowest BCUT2D eigenvalue weighted by molar-refractivity contribution is -0.123. The van der Waals surface area contributed by atoms with E-state index in [0.717, 1.165) is 15.8 Å². The minimum absolute atomic E-state index is 0.134. The van der Waals surface area contributed by atoms with E-state index in [1.807, 2.05) is 12.1 Å². The first-order valence-electron chi connectivity index (χ1n) is 6.62. The summed E-state index contributed by atoms with van der Waals surface area (Å²) in [6.45, 7) is -0.134. The van der Waals surface area contributed by atoms with Crippen LogP contribution in [0.3, 0.4) is 0 Å². The van der Waals surface area contributed by atoms with Crippen LogP contribution in [-0.4, -0.2) is 25.8 Å². The molecule has 0 saturated carbocycles. The van der Waals surface area contributed by atoms with Crippen molar-refractivity contribution in [3.05, 3.63) is 57.5 Å². The van der Waals surface area contributed by atoms with E-state index in [9.17, 15) is 4.79 Å². The number of ether oxygens (including phenoxy) is 2. The second-order valence-electron chi connectivity index (χ2n) is 4.43.